The number of carbonyl (C=O) groups is 2. The van der Waals surface area contributed by atoms with Crippen molar-refractivity contribution in [3.8, 4) is 0 Å². The summed E-state index contributed by atoms with van der Waals surface area (Å²) in [5, 5.41) is 5.32. The summed E-state index contributed by atoms with van der Waals surface area (Å²) in [6, 6.07) is 17.5. The van der Waals surface area contributed by atoms with Crippen molar-refractivity contribution in [2.24, 2.45) is 0 Å². The molecule has 0 aliphatic carbocycles. The van der Waals surface area contributed by atoms with Gasteiger partial charge in [-0.25, -0.2) is 4.39 Å². The Kier molecular flexibility index (Phi) is 6.19. The number of pyridine rings is 1. The summed E-state index contributed by atoms with van der Waals surface area (Å²) in [6.07, 6.45) is 0. The van der Waals surface area contributed by atoms with Gasteiger partial charge in [0, 0.05) is 23.9 Å². The minimum absolute atomic E-state index is 0.0220. The Labute approximate surface area is 167 Å². The third-order valence-electron chi connectivity index (χ3n) is 4.40. The van der Waals surface area contributed by atoms with Gasteiger partial charge in [0.2, 0.25) is 5.91 Å². The molecule has 0 saturated carbocycles. The van der Waals surface area contributed by atoms with Crippen molar-refractivity contribution in [2.75, 3.05) is 5.32 Å². The van der Waals surface area contributed by atoms with Gasteiger partial charge >= 0.3 is 0 Å². The van der Waals surface area contributed by atoms with E-state index in [-0.39, 0.29) is 18.8 Å². The summed E-state index contributed by atoms with van der Waals surface area (Å²) in [7, 11) is 0. The average molecular weight is 393 g/mol. The van der Waals surface area contributed by atoms with Gasteiger partial charge < -0.3 is 10.6 Å². The molecule has 0 fully saturated rings. The van der Waals surface area contributed by atoms with Crippen LogP contribution in [0.2, 0.25) is 0 Å². The molecule has 0 radical (unpaired) electrons. The van der Waals surface area contributed by atoms with Crippen molar-refractivity contribution in [2.45, 2.75) is 20.0 Å². The second-order valence-electron chi connectivity index (χ2n) is 6.47. The standard InChI is InChI=1S/C22H20FN3O3/c1-15-7-2-5-10-18(15)25-20(27)14-26-19(11-6-12-21(26)28)22(29)24-13-16-8-3-4-9-17(16)23/h2-12H,13-14H2,1H3,(H,24,29)(H,25,27). The molecule has 0 saturated heterocycles. The summed E-state index contributed by atoms with van der Waals surface area (Å²) < 4.78 is 14.8. The van der Waals surface area contributed by atoms with Crippen molar-refractivity contribution < 1.29 is 14.0 Å². The number of halogens is 1. The number of hydrogen-bond acceptors (Lipinski definition) is 3. The molecule has 1 aromatic heterocycles. The SMILES string of the molecule is Cc1ccccc1NC(=O)Cn1c(C(=O)NCc2ccccc2F)cccc1=O. The van der Waals surface area contributed by atoms with E-state index in [1.807, 2.05) is 19.1 Å². The molecule has 6 nitrogen and oxygen atoms in total. The lowest BCUT2D eigenvalue weighted by atomic mass is 10.2. The number of nitrogens with zero attached hydrogens (tertiary/aromatic N) is 1. The Morgan fingerprint density at radius 2 is 1.69 bits per heavy atom. The van der Waals surface area contributed by atoms with Crippen molar-refractivity contribution in [3.05, 3.63) is 99.7 Å². The zero-order valence-corrected chi connectivity index (χ0v) is 15.8. The third-order valence-corrected chi connectivity index (χ3v) is 4.40. The van der Waals surface area contributed by atoms with Gasteiger partial charge in [-0.05, 0) is 30.7 Å². The number of rotatable bonds is 6. The van der Waals surface area contributed by atoms with Gasteiger partial charge in [0.05, 0.1) is 0 Å². The molecular weight excluding hydrogens is 373 g/mol. The van der Waals surface area contributed by atoms with Gasteiger partial charge in [-0.15, -0.1) is 0 Å². The lowest BCUT2D eigenvalue weighted by Crippen LogP contribution is -2.35. The Bertz CT molecular complexity index is 1110. The topological polar surface area (TPSA) is 80.2 Å². The Morgan fingerprint density at radius 3 is 2.45 bits per heavy atom. The average Bonchev–Trinajstić information content (AvgIpc) is 2.70. The maximum absolute atomic E-state index is 13.7. The van der Waals surface area contributed by atoms with E-state index >= 15 is 0 Å². The Hall–Kier alpha value is -3.74. The maximum atomic E-state index is 13.7. The van der Waals surface area contributed by atoms with E-state index in [1.54, 1.807) is 30.3 Å². The number of amides is 2. The van der Waals surface area contributed by atoms with E-state index in [4.69, 9.17) is 0 Å². The van der Waals surface area contributed by atoms with Crippen LogP contribution in [0.25, 0.3) is 0 Å². The molecule has 7 heteroatoms. The highest BCUT2D eigenvalue weighted by Crippen LogP contribution is 2.13. The van der Waals surface area contributed by atoms with Crippen LogP contribution in [0.4, 0.5) is 10.1 Å². The molecule has 0 aliphatic heterocycles. The summed E-state index contributed by atoms with van der Waals surface area (Å²) in [6.45, 7) is 1.49. The molecule has 29 heavy (non-hydrogen) atoms. The molecule has 0 atom stereocenters. The van der Waals surface area contributed by atoms with Gasteiger partial charge in [-0.1, -0.05) is 42.5 Å². The van der Waals surface area contributed by atoms with Gasteiger partial charge in [-0.3, -0.25) is 19.0 Å². The zero-order chi connectivity index (χ0) is 20.8. The van der Waals surface area contributed by atoms with Crippen LogP contribution in [0, 0.1) is 12.7 Å². The summed E-state index contributed by atoms with van der Waals surface area (Å²) in [4.78, 5) is 37.3. The van der Waals surface area contributed by atoms with E-state index < -0.39 is 23.2 Å². The Balaban J connectivity index is 1.75. The van der Waals surface area contributed by atoms with Crippen molar-refractivity contribution in [3.63, 3.8) is 0 Å². The number of para-hydroxylation sites is 1. The minimum Gasteiger partial charge on any atom is -0.347 e. The first-order chi connectivity index (χ1) is 14.0. The predicted octanol–water partition coefficient (Wildman–Crippen LogP) is 2.86. The van der Waals surface area contributed by atoms with E-state index in [0.717, 1.165) is 10.1 Å². The van der Waals surface area contributed by atoms with Gasteiger partial charge in [0.1, 0.15) is 18.1 Å². The number of nitrogens with one attached hydrogen (secondary N) is 2. The molecule has 0 spiro atoms. The van der Waals surface area contributed by atoms with Crippen LogP contribution in [0.1, 0.15) is 21.6 Å². The molecule has 2 amide bonds. The second kappa shape index (κ2) is 8.97. The first kappa shape index (κ1) is 20.0. The lowest BCUT2D eigenvalue weighted by molar-refractivity contribution is -0.116. The monoisotopic (exact) mass is 393 g/mol. The fourth-order valence-corrected chi connectivity index (χ4v) is 2.84. The molecule has 3 rings (SSSR count). The van der Waals surface area contributed by atoms with Crippen LogP contribution in [0.3, 0.4) is 0 Å². The Morgan fingerprint density at radius 1 is 0.966 bits per heavy atom. The van der Waals surface area contributed by atoms with Crippen LogP contribution in [0.15, 0.2) is 71.5 Å². The molecule has 148 valence electrons. The van der Waals surface area contributed by atoms with E-state index in [9.17, 15) is 18.8 Å². The summed E-state index contributed by atoms with van der Waals surface area (Å²) >= 11 is 0. The van der Waals surface area contributed by atoms with Crippen LogP contribution in [0.5, 0.6) is 0 Å². The van der Waals surface area contributed by atoms with Crippen molar-refractivity contribution >= 4 is 17.5 Å². The quantitative estimate of drug-likeness (QED) is 0.676. The highest BCUT2D eigenvalue weighted by molar-refractivity contribution is 5.95. The smallest absolute Gasteiger partial charge is 0.268 e. The largest absolute Gasteiger partial charge is 0.347 e. The number of aryl methyl sites for hydroxylation is 1. The second-order valence-corrected chi connectivity index (χ2v) is 6.47. The van der Waals surface area contributed by atoms with Crippen molar-refractivity contribution in [1.82, 2.24) is 9.88 Å². The van der Waals surface area contributed by atoms with Crippen LogP contribution >= 0.6 is 0 Å². The van der Waals surface area contributed by atoms with Crippen molar-refractivity contribution in [1.29, 1.82) is 0 Å². The van der Waals surface area contributed by atoms with E-state index in [0.29, 0.717) is 11.3 Å². The van der Waals surface area contributed by atoms with Crippen LogP contribution in [-0.4, -0.2) is 16.4 Å². The number of aromatic nitrogens is 1. The fraction of sp³-hybridized carbons (Fsp3) is 0.136. The summed E-state index contributed by atoms with van der Waals surface area (Å²) in [5.74, 6) is -1.44. The van der Waals surface area contributed by atoms with Crippen LogP contribution < -0.4 is 16.2 Å². The zero-order valence-electron chi connectivity index (χ0n) is 15.8. The van der Waals surface area contributed by atoms with Gasteiger partial charge in [0.25, 0.3) is 11.5 Å². The highest BCUT2D eigenvalue weighted by atomic mass is 19.1. The number of carbonyl (C=O) groups excluding carboxylic acids is 2. The number of hydrogen-bond donors (Lipinski definition) is 2. The molecule has 0 aliphatic rings. The third kappa shape index (κ3) is 4.95. The van der Waals surface area contributed by atoms with E-state index in [1.165, 1.54) is 24.3 Å². The molecular formula is C22H20FN3O3. The fourth-order valence-electron chi connectivity index (χ4n) is 2.84. The molecule has 1 heterocycles. The molecule has 2 N–H and O–H groups in total. The van der Waals surface area contributed by atoms with Crippen LogP contribution in [-0.2, 0) is 17.9 Å². The van der Waals surface area contributed by atoms with E-state index in [2.05, 4.69) is 10.6 Å². The molecule has 2 aromatic carbocycles. The minimum atomic E-state index is -0.574. The molecule has 3 aromatic rings. The number of benzene rings is 2. The predicted molar refractivity (Wildman–Crippen MR) is 108 cm³/mol. The molecule has 0 bridgehead atoms. The normalized spacial score (nSPS) is 10.4. The maximum Gasteiger partial charge on any atom is 0.268 e. The first-order valence-electron chi connectivity index (χ1n) is 9.02. The van der Waals surface area contributed by atoms with Gasteiger partial charge in [0.15, 0.2) is 0 Å². The number of anilines is 1. The highest BCUT2D eigenvalue weighted by Gasteiger charge is 2.15. The lowest BCUT2D eigenvalue weighted by Gasteiger charge is -2.14. The summed E-state index contributed by atoms with van der Waals surface area (Å²) in [5.41, 5.74) is 1.37. The van der Waals surface area contributed by atoms with Gasteiger partial charge in [-0.2, -0.15) is 0 Å². The first-order valence-corrected chi connectivity index (χ1v) is 9.02. The molecule has 0 unspecified atom stereocenters.